The summed E-state index contributed by atoms with van der Waals surface area (Å²) in [6, 6.07) is 2.46. The van der Waals surface area contributed by atoms with Crippen LogP contribution in [0.3, 0.4) is 0 Å². The van der Waals surface area contributed by atoms with Crippen LogP contribution in [0.25, 0.3) is 0 Å². The summed E-state index contributed by atoms with van der Waals surface area (Å²) in [5, 5.41) is 8.94. The Morgan fingerprint density at radius 1 is 1.50 bits per heavy atom. The molecular formula is C14H23N3O. The quantitative estimate of drug-likeness (QED) is 0.707. The van der Waals surface area contributed by atoms with Gasteiger partial charge in [-0.05, 0) is 26.8 Å². The van der Waals surface area contributed by atoms with Crippen LogP contribution in [0, 0.1) is 11.3 Å². The van der Waals surface area contributed by atoms with E-state index in [0.29, 0.717) is 13.0 Å². The molecule has 1 unspecified atom stereocenters. The van der Waals surface area contributed by atoms with E-state index in [1.807, 2.05) is 0 Å². The van der Waals surface area contributed by atoms with Crippen molar-refractivity contribution in [1.29, 1.82) is 5.26 Å². The van der Waals surface area contributed by atoms with E-state index < -0.39 is 0 Å². The molecule has 4 heteroatoms. The number of carbonyl (C=O) groups is 1. The highest BCUT2D eigenvalue weighted by Gasteiger charge is 2.33. The minimum absolute atomic E-state index is 0.0508. The Bertz CT molecular complexity index is 351. The van der Waals surface area contributed by atoms with Crippen molar-refractivity contribution in [2.24, 2.45) is 0 Å². The lowest BCUT2D eigenvalue weighted by atomic mass is 9.98. The largest absolute Gasteiger partial charge is 0.293 e. The van der Waals surface area contributed by atoms with Gasteiger partial charge in [0.15, 0.2) is 5.78 Å². The number of nitrogens with zero attached hydrogens (tertiary/aromatic N) is 3. The first-order chi connectivity index (χ1) is 8.38. The number of ketones is 1. The van der Waals surface area contributed by atoms with Crippen molar-refractivity contribution in [2.75, 3.05) is 26.2 Å². The molecule has 0 amide bonds. The van der Waals surface area contributed by atoms with Gasteiger partial charge in [0, 0.05) is 31.2 Å². The smallest absolute Gasteiger partial charge is 0.169 e. The van der Waals surface area contributed by atoms with Crippen molar-refractivity contribution in [3.05, 3.63) is 12.7 Å². The zero-order valence-corrected chi connectivity index (χ0v) is 11.6. The minimum atomic E-state index is 0.0508. The topological polar surface area (TPSA) is 47.3 Å². The fraction of sp³-hybridized carbons (Fsp3) is 0.714. The summed E-state index contributed by atoms with van der Waals surface area (Å²) in [4.78, 5) is 15.9. The molecule has 0 aliphatic carbocycles. The van der Waals surface area contributed by atoms with Crippen LogP contribution in [0.4, 0.5) is 0 Å². The van der Waals surface area contributed by atoms with E-state index in [1.165, 1.54) is 6.08 Å². The van der Waals surface area contributed by atoms with E-state index >= 15 is 0 Å². The molecule has 1 aliphatic heterocycles. The number of rotatable bonds is 4. The minimum Gasteiger partial charge on any atom is -0.293 e. The van der Waals surface area contributed by atoms with Gasteiger partial charge in [-0.15, -0.1) is 0 Å². The zero-order valence-electron chi connectivity index (χ0n) is 11.6. The van der Waals surface area contributed by atoms with Crippen LogP contribution in [0.15, 0.2) is 12.7 Å². The molecule has 0 aromatic rings. The van der Waals surface area contributed by atoms with Gasteiger partial charge in [-0.3, -0.25) is 14.6 Å². The molecule has 0 N–H and O–H groups in total. The zero-order chi connectivity index (χ0) is 13.8. The second kappa shape index (κ2) is 6.12. The third-order valence-electron chi connectivity index (χ3n) is 3.36. The molecule has 0 aromatic carbocycles. The van der Waals surface area contributed by atoms with Gasteiger partial charge in [0.2, 0.25) is 0 Å². The molecule has 1 saturated heterocycles. The third kappa shape index (κ3) is 3.94. The molecule has 18 heavy (non-hydrogen) atoms. The third-order valence-corrected chi connectivity index (χ3v) is 3.36. The van der Waals surface area contributed by atoms with Crippen LogP contribution >= 0.6 is 0 Å². The molecule has 1 heterocycles. The maximum Gasteiger partial charge on any atom is 0.169 e. The van der Waals surface area contributed by atoms with Gasteiger partial charge >= 0.3 is 0 Å². The highest BCUT2D eigenvalue weighted by Crippen LogP contribution is 2.22. The Kier molecular flexibility index (Phi) is 5.06. The van der Waals surface area contributed by atoms with Crippen LogP contribution in [0.2, 0.25) is 0 Å². The molecule has 1 fully saturated rings. The summed E-state index contributed by atoms with van der Waals surface area (Å²) >= 11 is 0. The van der Waals surface area contributed by atoms with Gasteiger partial charge in [-0.2, -0.15) is 5.26 Å². The fourth-order valence-corrected chi connectivity index (χ4v) is 2.51. The van der Waals surface area contributed by atoms with Gasteiger partial charge in [-0.1, -0.05) is 6.58 Å². The summed E-state index contributed by atoms with van der Waals surface area (Å²) in [6.45, 7) is 13.0. The van der Waals surface area contributed by atoms with Crippen LogP contribution in [-0.4, -0.2) is 53.3 Å². The Labute approximate surface area is 110 Å². The maximum atomic E-state index is 11.4. The Morgan fingerprint density at radius 3 is 2.67 bits per heavy atom. The molecule has 1 rings (SSSR count). The molecule has 1 atom stereocenters. The molecule has 0 spiro atoms. The molecule has 0 saturated carbocycles. The summed E-state index contributed by atoms with van der Waals surface area (Å²) < 4.78 is 0. The summed E-state index contributed by atoms with van der Waals surface area (Å²) in [5.41, 5.74) is 0.0655. The van der Waals surface area contributed by atoms with Crippen molar-refractivity contribution < 1.29 is 4.79 Å². The summed E-state index contributed by atoms with van der Waals surface area (Å²) in [5.74, 6) is 0.0508. The Hall–Kier alpha value is -1.18. The number of nitriles is 1. The van der Waals surface area contributed by atoms with Gasteiger partial charge in [0.1, 0.15) is 0 Å². The number of carbonyl (C=O) groups excluding carboxylic acids is 1. The highest BCUT2D eigenvalue weighted by atomic mass is 16.1. The average Bonchev–Trinajstić information content (AvgIpc) is 2.28. The molecule has 1 aliphatic rings. The van der Waals surface area contributed by atoms with Gasteiger partial charge in [-0.25, -0.2) is 0 Å². The van der Waals surface area contributed by atoms with E-state index in [0.717, 1.165) is 19.6 Å². The molecule has 4 nitrogen and oxygen atoms in total. The van der Waals surface area contributed by atoms with Gasteiger partial charge in [0.25, 0.3) is 0 Å². The lowest BCUT2D eigenvalue weighted by Gasteiger charge is -2.47. The average molecular weight is 249 g/mol. The van der Waals surface area contributed by atoms with Crippen LogP contribution in [0.1, 0.15) is 27.2 Å². The van der Waals surface area contributed by atoms with Gasteiger partial charge in [0.05, 0.1) is 19.0 Å². The predicted molar refractivity (Wildman–Crippen MR) is 72.1 cm³/mol. The number of hydrogen-bond donors (Lipinski definition) is 0. The first-order valence-corrected chi connectivity index (χ1v) is 6.39. The standard InChI is InChI=1S/C14H23N3O/c1-5-13(18)11-16-8-9-17(14(2,3)4)12(10-16)6-7-15/h5,12H,1,6,8-11H2,2-4H3. The molecule has 0 aromatic heterocycles. The molecular weight excluding hydrogens is 226 g/mol. The van der Waals surface area contributed by atoms with Crippen molar-refractivity contribution in [3.8, 4) is 6.07 Å². The van der Waals surface area contributed by atoms with Crippen LogP contribution in [0.5, 0.6) is 0 Å². The van der Waals surface area contributed by atoms with E-state index in [-0.39, 0.29) is 17.4 Å². The van der Waals surface area contributed by atoms with Crippen LogP contribution < -0.4 is 0 Å². The molecule has 100 valence electrons. The number of hydrogen-bond acceptors (Lipinski definition) is 4. The van der Waals surface area contributed by atoms with Crippen molar-refractivity contribution in [1.82, 2.24) is 9.80 Å². The normalized spacial score (nSPS) is 22.4. The highest BCUT2D eigenvalue weighted by molar-refractivity contribution is 5.90. The predicted octanol–water partition coefficient (Wildman–Crippen LogP) is 1.44. The maximum absolute atomic E-state index is 11.4. The van der Waals surface area contributed by atoms with E-state index in [2.05, 4.69) is 43.2 Å². The fourth-order valence-electron chi connectivity index (χ4n) is 2.51. The van der Waals surface area contributed by atoms with Crippen molar-refractivity contribution in [3.63, 3.8) is 0 Å². The lowest BCUT2D eigenvalue weighted by molar-refractivity contribution is -0.116. The van der Waals surface area contributed by atoms with Crippen LogP contribution in [-0.2, 0) is 4.79 Å². The van der Waals surface area contributed by atoms with Crippen molar-refractivity contribution >= 4 is 5.78 Å². The Balaban J connectivity index is 2.68. The second-order valence-corrected chi connectivity index (χ2v) is 5.79. The lowest BCUT2D eigenvalue weighted by Crippen LogP contribution is -2.59. The molecule has 0 radical (unpaired) electrons. The second-order valence-electron chi connectivity index (χ2n) is 5.79. The van der Waals surface area contributed by atoms with Gasteiger partial charge < -0.3 is 0 Å². The summed E-state index contributed by atoms with van der Waals surface area (Å²) in [6.07, 6.45) is 1.88. The Morgan fingerprint density at radius 2 is 2.17 bits per heavy atom. The SMILES string of the molecule is C=CC(=O)CN1CCN(C(C)(C)C)C(CC#N)C1. The van der Waals surface area contributed by atoms with Crippen molar-refractivity contribution in [2.45, 2.75) is 38.8 Å². The summed E-state index contributed by atoms with van der Waals surface area (Å²) in [7, 11) is 0. The monoisotopic (exact) mass is 249 g/mol. The molecule has 0 bridgehead atoms. The number of piperazine rings is 1. The van der Waals surface area contributed by atoms with E-state index in [9.17, 15) is 4.79 Å². The first kappa shape index (κ1) is 14.9. The first-order valence-electron chi connectivity index (χ1n) is 6.39. The van der Waals surface area contributed by atoms with E-state index in [1.54, 1.807) is 0 Å². The van der Waals surface area contributed by atoms with E-state index in [4.69, 9.17) is 5.26 Å².